The van der Waals surface area contributed by atoms with E-state index in [0.717, 1.165) is 12.1 Å². The largest absolute Gasteiger partial charge is 0.457 e. The maximum Gasteiger partial charge on any atom is 0.416 e. The van der Waals surface area contributed by atoms with Gasteiger partial charge in [0.05, 0.1) is 5.56 Å². The van der Waals surface area contributed by atoms with Crippen LogP contribution in [0.1, 0.15) is 21.5 Å². The number of alkyl halides is 3. The number of carbonyl (C=O) groups excluding carboxylic acids is 1. The highest BCUT2D eigenvalue weighted by Crippen LogP contribution is 2.29. The number of hydrogen-bond donors (Lipinski definition) is 0. The lowest BCUT2D eigenvalue weighted by Crippen LogP contribution is -2.05. The molecule has 5 heteroatoms. The molecule has 0 unspecified atom stereocenters. The maximum absolute atomic E-state index is 12.6. The van der Waals surface area contributed by atoms with E-state index >= 15 is 0 Å². The number of benzene rings is 3. The van der Waals surface area contributed by atoms with E-state index in [2.05, 4.69) is 0 Å². The Bertz CT molecular complexity index is 943. The average Bonchev–Trinajstić information content (AvgIpc) is 2.67. The first-order valence-corrected chi connectivity index (χ1v) is 8.15. The maximum atomic E-state index is 12.6. The van der Waals surface area contributed by atoms with Crippen LogP contribution in [0.4, 0.5) is 13.2 Å². The van der Waals surface area contributed by atoms with E-state index in [9.17, 15) is 18.0 Å². The Labute approximate surface area is 154 Å². The zero-order valence-corrected chi connectivity index (χ0v) is 14.1. The van der Waals surface area contributed by atoms with Crippen LogP contribution in [0.15, 0.2) is 84.9 Å². The molecule has 0 aliphatic rings. The number of hydrogen-bond acceptors (Lipinski definition) is 2. The van der Waals surface area contributed by atoms with Gasteiger partial charge in [-0.15, -0.1) is 0 Å². The van der Waals surface area contributed by atoms with Crippen molar-refractivity contribution in [1.82, 2.24) is 0 Å². The first kappa shape index (κ1) is 18.5. The van der Waals surface area contributed by atoms with Crippen molar-refractivity contribution in [3.63, 3.8) is 0 Å². The van der Waals surface area contributed by atoms with Crippen LogP contribution in [0, 0.1) is 0 Å². The fourth-order valence-electron chi connectivity index (χ4n) is 2.41. The molecule has 0 saturated carbocycles. The lowest BCUT2D eigenvalue weighted by molar-refractivity contribution is -0.137. The quantitative estimate of drug-likeness (QED) is 0.385. The highest BCUT2D eigenvalue weighted by atomic mass is 19.4. The molecule has 0 aromatic heterocycles. The number of allylic oxidation sites excluding steroid dienone is 1. The minimum Gasteiger partial charge on any atom is -0.457 e. The molecule has 0 N–H and O–H groups in total. The zero-order chi connectivity index (χ0) is 19.3. The molecule has 136 valence electrons. The van der Waals surface area contributed by atoms with Crippen LogP contribution in [-0.2, 0) is 6.18 Å². The molecule has 0 fully saturated rings. The predicted octanol–water partition coefficient (Wildman–Crippen LogP) is 6.39. The third-order valence-corrected chi connectivity index (χ3v) is 3.80. The smallest absolute Gasteiger partial charge is 0.416 e. The van der Waals surface area contributed by atoms with Gasteiger partial charge in [-0.1, -0.05) is 48.5 Å². The van der Waals surface area contributed by atoms with Crippen LogP contribution < -0.4 is 4.74 Å². The fourth-order valence-corrected chi connectivity index (χ4v) is 2.41. The third-order valence-electron chi connectivity index (χ3n) is 3.80. The summed E-state index contributed by atoms with van der Waals surface area (Å²) in [6.45, 7) is 0. The molecule has 27 heavy (non-hydrogen) atoms. The van der Waals surface area contributed by atoms with Gasteiger partial charge in [-0.2, -0.15) is 13.2 Å². The molecule has 0 amide bonds. The average molecular weight is 368 g/mol. The molecule has 0 atom stereocenters. The number of ketones is 1. The second-order valence-electron chi connectivity index (χ2n) is 5.73. The van der Waals surface area contributed by atoms with Gasteiger partial charge >= 0.3 is 6.18 Å². The van der Waals surface area contributed by atoms with E-state index in [-0.39, 0.29) is 5.56 Å². The van der Waals surface area contributed by atoms with Gasteiger partial charge in [0.25, 0.3) is 0 Å². The minimum absolute atomic E-state index is 0.181. The molecule has 0 spiro atoms. The Morgan fingerprint density at radius 1 is 0.815 bits per heavy atom. The van der Waals surface area contributed by atoms with Crippen molar-refractivity contribution in [2.75, 3.05) is 0 Å². The normalized spacial score (nSPS) is 11.5. The van der Waals surface area contributed by atoms with Crippen LogP contribution in [0.25, 0.3) is 6.08 Å². The summed E-state index contributed by atoms with van der Waals surface area (Å²) < 4.78 is 43.6. The number of carbonyl (C=O) groups is 1. The summed E-state index contributed by atoms with van der Waals surface area (Å²) in [5.41, 5.74) is 0.0759. The van der Waals surface area contributed by atoms with Crippen molar-refractivity contribution in [3.05, 3.63) is 102 Å². The summed E-state index contributed by atoms with van der Waals surface area (Å²) in [4.78, 5) is 12.2. The van der Waals surface area contributed by atoms with Crippen molar-refractivity contribution < 1.29 is 22.7 Å². The predicted molar refractivity (Wildman–Crippen MR) is 97.8 cm³/mol. The lowest BCUT2D eigenvalue weighted by atomic mass is 10.1. The molecule has 0 heterocycles. The van der Waals surface area contributed by atoms with Crippen molar-refractivity contribution in [2.45, 2.75) is 6.18 Å². The van der Waals surface area contributed by atoms with E-state index in [1.165, 1.54) is 18.2 Å². The summed E-state index contributed by atoms with van der Waals surface area (Å²) in [5.74, 6) is 0.839. The molecule has 0 aliphatic heterocycles. The Kier molecular flexibility index (Phi) is 5.41. The van der Waals surface area contributed by atoms with Crippen LogP contribution in [0.3, 0.4) is 0 Å². The van der Waals surface area contributed by atoms with E-state index in [1.807, 2.05) is 36.4 Å². The molecular formula is C22H15F3O2. The van der Waals surface area contributed by atoms with Gasteiger partial charge < -0.3 is 4.74 Å². The van der Waals surface area contributed by atoms with Gasteiger partial charge in [0.1, 0.15) is 11.5 Å². The first-order chi connectivity index (χ1) is 12.9. The van der Waals surface area contributed by atoms with Gasteiger partial charge in [-0.05, 0) is 42.5 Å². The Morgan fingerprint density at radius 2 is 1.44 bits per heavy atom. The Morgan fingerprint density at radius 3 is 2.11 bits per heavy atom. The molecule has 0 saturated heterocycles. The molecule has 3 rings (SSSR count). The number of ether oxygens (including phenoxy) is 1. The van der Waals surface area contributed by atoms with Crippen molar-refractivity contribution in [1.29, 1.82) is 0 Å². The lowest BCUT2D eigenvalue weighted by Gasteiger charge is -2.08. The number of rotatable bonds is 5. The van der Waals surface area contributed by atoms with E-state index in [0.29, 0.717) is 17.1 Å². The van der Waals surface area contributed by atoms with Gasteiger partial charge in [0.2, 0.25) is 0 Å². The van der Waals surface area contributed by atoms with Gasteiger partial charge in [0.15, 0.2) is 5.78 Å². The van der Waals surface area contributed by atoms with Crippen LogP contribution in [-0.4, -0.2) is 5.78 Å². The SMILES string of the molecule is O=C(/C=C/c1ccccc1Oc1ccccc1)c1ccc(C(F)(F)F)cc1. The van der Waals surface area contributed by atoms with Gasteiger partial charge in [-0.25, -0.2) is 0 Å². The van der Waals surface area contributed by atoms with Gasteiger partial charge in [0, 0.05) is 11.1 Å². The molecule has 2 nitrogen and oxygen atoms in total. The summed E-state index contributed by atoms with van der Waals surface area (Å²) in [6.07, 6.45) is -1.53. The summed E-state index contributed by atoms with van der Waals surface area (Å²) in [5, 5.41) is 0. The fraction of sp³-hybridized carbons (Fsp3) is 0.0455. The molecule has 3 aromatic rings. The molecule has 0 aliphatic carbocycles. The Balaban J connectivity index is 1.77. The monoisotopic (exact) mass is 368 g/mol. The standard InChI is InChI=1S/C22H15F3O2/c23-22(24,25)18-13-10-16(11-14-18)20(26)15-12-17-6-4-5-9-21(17)27-19-7-2-1-3-8-19/h1-15H/b15-12+. The van der Waals surface area contributed by atoms with Crippen LogP contribution in [0.2, 0.25) is 0 Å². The van der Waals surface area contributed by atoms with E-state index < -0.39 is 17.5 Å². The van der Waals surface area contributed by atoms with Crippen LogP contribution in [0.5, 0.6) is 11.5 Å². The topological polar surface area (TPSA) is 26.3 Å². The zero-order valence-electron chi connectivity index (χ0n) is 14.1. The molecule has 0 radical (unpaired) electrons. The summed E-state index contributed by atoms with van der Waals surface area (Å²) in [7, 11) is 0. The first-order valence-electron chi connectivity index (χ1n) is 8.15. The third kappa shape index (κ3) is 4.85. The second-order valence-corrected chi connectivity index (χ2v) is 5.73. The molecule has 3 aromatic carbocycles. The van der Waals surface area contributed by atoms with Crippen LogP contribution >= 0.6 is 0 Å². The second kappa shape index (κ2) is 7.91. The van der Waals surface area contributed by atoms with E-state index in [1.54, 1.807) is 24.3 Å². The van der Waals surface area contributed by atoms with Crippen molar-refractivity contribution >= 4 is 11.9 Å². The van der Waals surface area contributed by atoms with E-state index in [4.69, 9.17) is 4.74 Å². The summed E-state index contributed by atoms with van der Waals surface area (Å²) in [6, 6.07) is 20.5. The van der Waals surface area contributed by atoms with Crippen molar-refractivity contribution in [3.8, 4) is 11.5 Å². The minimum atomic E-state index is -4.43. The number of para-hydroxylation sites is 2. The highest BCUT2D eigenvalue weighted by Gasteiger charge is 2.30. The highest BCUT2D eigenvalue weighted by molar-refractivity contribution is 6.06. The molecular weight excluding hydrogens is 353 g/mol. The van der Waals surface area contributed by atoms with Gasteiger partial charge in [-0.3, -0.25) is 4.79 Å². The Hall–Kier alpha value is -3.34. The van der Waals surface area contributed by atoms with Crippen molar-refractivity contribution in [2.24, 2.45) is 0 Å². The molecule has 0 bridgehead atoms. The number of halogens is 3. The summed E-state index contributed by atoms with van der Waals surface area (Å²) >= 11 is 0.